The van der Waals surface area contributed by atoms with Gasteiger partial charge in [0.25, 0.3) is 11.5 Å². The normalized spacial score (nSPS) is 16.5. The van der Waals surface area contributed by atoms with Gasteiger partial charge < -0.3 is 9.88 Å². The third kappa shape index (κ3) is 3.38. The third-order valence-electron chi connectivity index (χ3n) is 3.26. The van der Waals surface area contributed by atoms with E-state index >= 15 is 0 Å². The van der Waals surface area contributed by atoms with Crippen molar-refractivity contribution in [2.75, 3.05) is 18.1 Å². The number of carbonyl (C=O) groups excluding carboxylic acids is 1. The Labute approximate surface area is 111 Å². The highest BCUT2D eigenvalue weighted by atomic mass is 32.2. The summed E-state index contributed by atoms with van der Waals surface area (Å²) in [5.74, 6) is 2.81. The summed E-state index contributed by atoms with van der Waals surface area (Å²) in [6, 6.07) is 3.06. The first-order valence-corrected chi connectivity index (χ1v) is 7.35. The zero-order valence-electron chi connectivity index (χ0n) is 10.5. The number of amides is 1. The summed E-state index contributed by atoms with van der Waals surface area (Å²) in [4.78, 5) is 23.3. The van der Waals surface area contributed by atoms with E-state index in [2.05, 4.69) is 5.32 Å². The predicted molar refractivity (Wildman–Crippen MR) is 74.1 cm³/mol. The van der Waals surface area contributed by atoms with Crippen molar-refractivity contribution in [2.45, 2.75) is 12.8 Å². The van der Waals surface area contributed by atoms with Crippen molar-refractivity contribution in [3.63, 3.8) is 0 Å². The highest BCUT2D eigenvalue weighted by Gasteiger charge is 2.15. The molecule has 0 spiro atoms. The Kier molecular flexibility index (Phi) is 4.47. The number of hydrogen-bond acceptors (Lipinski definition) is 3. The van der Waals surface area contributed by atoms with E-state index in [1.165, 1.54) is 35.0 Å². The number of hydrogen-bond donors (Lipinski definition) is 1. The number of carbonyl (C=O) groups is 1. The van der Waals surface area contributed by atoms with Crippen molar-refractivity contribution in [3.05, 3.63) is 34.2 Å². The lowest BCUT2D eigenvalue weighted by Crippen LogP contribution is -2.32. The van der Waals surface area contributed by atoms with Crippen LogP contribution >= 0.6 is 11.8 Å². The number of thioether (sulfide) groups is 1. The van der Waals surface area contributed by atoms with Gasteiger partial charge in [0.05, 0.1) is 0 Å². The van der Waals surface area contributed by atoms with Crippen LogP contribution in [0.4, 0.5) is 0 Å². The van der Waals surface area contributed by atoms with Crippen LogP contribution in [0.3, 0.4) is 0 Å². The predicted octanol–water partition coefficient (Wildman–Crippen LogP) is 1.26. The molecule has 0 saturated carbocycles. The van der Waals surface area contributed by atoms with E-state index in [4.69, 9.17) is 0 Å². The van der Waals surface area contributed by atoms with Crippen molar-refractivity contribution in [1.82, 2.24) is 9.88 Å². The summed E-state index contributed by atoms with van der Waals surface area (Å²) in [6.45, 7) is 0.717. The van der Waals surface area contributed by atoms with Crippen LogP contribution in [0.2, 0.25) is 0 Å². The second-order valence-electron chi connectivity index (χ2n) is 4.63. The van der Waals surface area contributed by atoms with Gasteiger partial charge in [-0.15, -0.1) is 0 Å². The molecule has 0 bridgehead atoms. The molecule has 0 atom stereocenters. The molecule has 0 aliphatic carbocycles. The second kappa shape index (κ2) is 6.09. The van der Waals surface area contributed by atoms with E-state index in [1.54, 1.807) is 19.3 Å². The summed E-state index contributed by atoms with van der Waals surface area (Å²) in [6.07, 6.45) is 3.96. The molecule has 1 amide bonds. The maximum Gasteiger partial charge on any atom is 0.251 e. The molecular weight excluding hydrogens is 248 g/mol. The first kappa shape index (κ1) is 13.2. The van der Waals surface area contributed by atoms with Crippen molar-refractivity contribution in [2.24, 2.45) is 13.0 Å². The summed E-state index contributed by atoms with van der Waals surface area (Å²) in [7, 11) is 1.67. The van der Waals surface area contributed by atoms with Gasteiger partial charge in [-0.2, -0.15) is 11.8 Å². The molecule has 1 aromatic heterocycles. The second-order valence-corrected chi connectivity index (χ2v) is 5.86. The lowest BCUT2D eigenvalue weighted by Gasteiger charge is -2.21. The van der Waals surface area contributed by atoms with Crippen LogP contribution in [-0.4, -0.2) is 28.5 Å². The monoisotopic (exact) mass is 266 g/mol. The number of nitrogens with zero attached hydrogens (tertiary/aromatic N) is 1. The van der Waals surface area contributed by atoms with Gasteiger partial charge in [-0.1, -0.05) is 0 Å². The molecule has 1 N–H and O–H groups in total. The number of nitrogens with one attached hydrogen (secondary N) is 1. The molecule has 18 heavy (non-hydrogen) atoms. The summed E-state index contributed by atoms with van der Waals surface area (Å²) in [5.41, 5.74) is 0.292. The summed E-state index contributed by atoms with van der Waals surface area (Å²) < 4.78 is 1.45. The third-order valence-corrected chi connectivity index (χ3v) is 4.31. The molecule has 98 valence electrons. The molecule has 1 aliphatic heterocycles. The number of pyridine rings is 1. The van der Waals surface area contributed by atoms with Crippen LogP contribution in [0.5, 0.6) is 0 Å². The Morgan fingerprint density at radius 3 is 2.89 bits per heavy atom. The van der Waals surface area contributed by atoms with Crippen LogP contribution in [0.1, 0.15) is 23.2 Å². The van der Waals surface area contributed by atoms with Gasteiger partial charge in [0.2, 0.25) is 0 Å². The van der Waals surface area contributed by atoms with Crippen LogP contribution in [0.25, 0.3) is 0 Å². The molecule has 0 aromatic carbocycles. The van der Waals surface area contributed by atoms with E-state index in [1.807, 2.05) is 11.8 Å². The fourth-order valence-electron chi connectivity index (χ4n) is 1.98. The summed E-state index contributed by atoms with van der Waals surface area (Å²) in [5, 5.41) is 2.92. The van der Waals surface area contributed by atoms with Crippen molar-refractivity contribution >= 4 is 17.7 Å². The number of rotatable bonds is 3. The van der Waals surface area contributed by atoms with Gasteiger partial charge in [-0.3, -0.25) is 9.59 Å². The number of aromatic nitrogens is 1. The lowest BCUT2D eigenvalue weighted by molar-refractivity contribution is 0.0946. The first-order chi connectivity index (χ1) is 8.66. The molecule has 5 heteroatoms. The fourth-order valence-corrected chi connectivity index (χ4v) is 3.18. The topological polar surface area (TPSA) is 51.1 Å². The molecule has 1 aromatic rings. The van der Waals surface area contributed by atoms with E-state index in [-0.39, 0.29) is 11.5 Å². The van der Waals surface area contributed by atoms with Gasteiger partial charge in [0.1, 0.15) is 0 Å². The van der Waals surface area contributed by atoms with Gasteiger partial charge >= 0.3 is 0 Å². The molecule has 1 aliphatic rings. The SMILES string of the molecule is Cn1ccc(C(=O)NCC2CCSCC2)cc1=O. The highest BCUT2D eigenvalue weighted by molar-refractivity contribution is 7.99. The van der Waals surface area contributed by atoms with E-state index in [9.17, 15) is 9.59 Å². The van der Waals surface area contributed by atoms with Crippen LogP contribution in [0.15, 0.2) is 23.1 Å². The van der Waals surface area contributed by atoms with Gasteiger partial charge in [0, 0.05) is 31.4 Å². The van der Waals surface area contributed by atoms with Gasteiger partial charge in [-0.05, 0) is 36.3 Å². The molecular formula is C13H18N2O2S. The van der Waals surface area contributed by atoms with Crippen LogP contribution in [-0.2, 0) is 7.05 Å². The quantitative estimate of drug-likeness (QED) is 0.896. The van der Waals surface area contributed by atoms with Gasteiger partial charge in [0.15, 0.2) is 0 Å². The smallest absolute Gasteiger partial charge is 0.251 e. The van der Waals surface area contributed by atoms with Gasteiger partial charge in [-0.25, -0.2) is 0 Å². The molecule has 1 saturated heterocycles. The Morgan fingerprint density at radius 2 is 2.22 bits per heavy atom. The Balaban J connectivity index is 1.90. The average Bonchev–Trinajstić information content (AvgIpc) is 2.40. The Hall–Kier alpha value is -1.23. The van der Waals surface area contributed by atoms with E-state index in [0.29, 0.717) is 18.0 Å². The minimum atomic E-state index is -0.156. The minimum absolute atomic E-state index is 0.147. The summed E-state index contributed by atoms with van der Waals surface area (Å²) >= 11 is 1.98. The maximum atomic E-state index is 11.9. The molecule has 1 fully saturated rings. The molecule has 4 nitrogen and oxygen atoms in total. The zero-order valence-corrected chi connectivity index (χ0v) is 11.3. The van der Waals surface area contributed by atoms with Crippen molar-refractivity contribution in [1.29, 1.82) is 0 Å². The Bertz CT molecular complexity index is 478. The Morgan fingerprint density at radius 1 is 1.50 bits per heavy atom. The molecule has 0 radical (unpaired) electrons. The van der Waals surface area contributed by atoms with Crippen molar-refractivity contribution < 1.29 is 4.79 Å². The van der Waals surface area contributed by atoms with Crippen molar-refractivity contribution in [3.8, 4) is 0 Å². The molecule has 2 rings (SSSR count). The van der Waals surface area contributed by atoms with Crippen LogP contribution < -0.4 is 10.9 Å². The first-order valence-electron chi connectivity index (χ1n) is 6.19. The fraction of sp³-hybridized carbons (Fsp3) is 0.538. The zero-order chi connectivity index (χ0) is 13.0. The van der Waals surface area contributed by atoms with E-state index < -0.39 is 0 Å². The van der Waals surface area contributed by atoms with Crippen LogP contribution in [0, 0.1) is 5.92 Å². The number of aryl methyl sites for hydroxylation is 1. The standard InChI is InChI=1S/C13H18N2O2S/c1-15-5-2-11(8-12(15)16)13(17)14-9-10-3-6-18-7-4-10/h2,5,8,10H,3-4,6-7,9H2,1H3,(H,14,17). The lowest BCUT2D eigenvalue weighted by atomic mass is 10.0. The average molecular weight is 266 g/mol. The maximum absolute atomic E-state index is 11.9. The van der Waals surface area contributed by atoms with E-state index in [0.717, 1.165) is 0 Å². The minimum Gasteiger partial charge on any atom is -0.352 e. The molecule has 2 heterocycles. The highest BCUT2D eigenvalue weighted by Crippen LogP contribution is 2.21. The molecule has 0 unspecified atom stereocenters. The largest absolute Gasteiger partial charge is 0.352 e.